The Kier molecular flexibility index (Phi) is 13.7. The van der Waals surface area contributed by atoms with Crippen LogP contribution in [0.1, 0.15) is 58.3 Å². The van der Waals surface area contributed by atoms with Gasteiger partial charge in [-0.2, -0.15) is 0 Å². The van der Waals surface area contributed by atoms with Crippen molar-refractivity contribution in [3.05, 3.63) is 238 Å². The molecule has 0 bridgehead atoms. The summed E-state index contributed by atoms with van der Waals surface area (Å²) in [6.45, 7) is 0.959. The summed E-state index contributed by atoms with van der Waals surface area (Å²) in [7, 11) is 0. The fourth-order valence-electron chi connectivity index (χ4n) is 10.1. The molecule has 3 aliphatic rings. The van der Waals surface area contributed by atoms with Gasteiger partial charge in [-0.15, -0.1) is 23.1 Å². The van der Waals surface area contributed by atoms with Crippen LogP contribution in [0.4, 0.5) is 5.13 Å². The maximum Gasteiger partial charge on any atom is 0.354 e. The second-order valence-corrected chi connectivity index (χ2v) is 19.6. The van der Waals surface area contributed by atoms with E-state index in [1.54, 1.807) is 5.38 Å². The SMILES string of the molecule is O=COCC1(NC(=O)C(=NOC(c2ccccc2)(c2ccccc2)c2ccccc2)c2csc(NC(c3ccccc3)(c3ccccc3)c3ccccc3)n2)C(=O)N2C(C(=O)O)=C(N3CCCCC3)CS[C@H]21. The summed E-state index contributed by atoms with van der Waals surface area (Å²) in [6.07, 6.45) is 2.83. The topological polar surface area (TPSA) is 163 Å². The standard InChI is InChI=1S/C57H50N6O7S2/c64-39-69-38-55(52(68)63-49(51(66)67)47(37-71-53(55)63)62-34-20-7-21-35-62)59-50(65)48(61-70-57(43-28-14-4-15-29-43,44-30-16-5-17-31-44)45-32-18-6-19-33-45)46-36-72-54(58-46)60-56(40-22-8-1-9-23-40,41-24-10-2-11-25-41)42-26-12-3-13-27-42/h1-6,8-19,22-33,36,39,53H,7,20-21,34-35,37-38H2,(H,58,60)(H,59,65)(H,66,67)/t53-,55?/m0/s1. The van der Waals surface area contributed by atoms with Gasteiger partial charge in [-0.3, -0.25) is 19.3 Å². The van der Waals surface area contributed by atoms with Crippen molar-refractivity contribution in [2.75, 3.05) is 30.8 Å². The minimum atomic E-state index is -1.90. The molecule has 1 aromatic heterocycles. The number of fused-ring (bicyclic) bond motifs is 1. The Morgan fingerprint density at radius 3 is 1.65 bits per heavy atom. The Labute approximate surface area is 425 Å². The summed E-state index contributed by atoms with van der Waals surface area (Å²) in [5, 5.41) is 23.4. The molecule has 3 N–H and O–H groups in total. The van der Waals surface area contributed by atoms with Crippen molar-refractivity contribution < 1.29 is 33.9 Å². The zero-order valence-corrected chi connectivity index (χ0v) is 40.6. The number of amides is 2. The van der Waals surface area contributed by atoms with Gasteiger partial charge >= 0.3 is 5.97 Å². The highest BCUT2D eigenvalue weighted by molar-refractivity contribution is 8.00. The summed E-state index contributed by atoms with van der Waals surface area (Å²) in [5.74, 6) is -2.63. The number of thioether (sulfide) groups is 1. The summed E-state index contributed by atoms with van der Waals surface area (Å²) < 4.78 is 5.33. The molecule has 13 nitrogen and oxygen atoms in total. The van der Waals surface area contributed by atoms with E-state index in [1.807, 2.05) is 150 Å². The van der Waals surface area contributed by atoms with Crippen LogP contribution in [0.15, 0.2) is 204 Å². The largest absolute Gasteiger partial charge is 0.477 e. The molecule has 2 atom stereocenters. The van der Waals surface area contributed by atoms with Gasteiger partial charge in [0.2, 0.25) is 5.60 Å². The molecule has 10 rings (SSSR count). The first-order valence-corrected chi connectivity index (χ1v) is 25.6. The number of nitrogens with zero attached hydrogens (tertiary/aromatic N) is 4. The van der Waals surface area contributed by atoms with Gasteiger partial charge in [0.1, 0.15) is 23.2 Å². The number of likely N-dealkylation sites (tertiary alicyclic amines) is 1. The lowest BCUT2D eigenvalue weighted by Gasteiger charge is -2.57. The van der Waals surface area contributed by atoms with Crippen LogP contribution in [0, 0.1) is 0 Å². The molecule has 0 radical (unpaired) electrons. The van der Waals surface area contributed by atoms with Crippen LogP contribution in [0.3, 0.4) is 0 Å². The molecular weight excluding hydrogens is 945 g/mol. The normalized spacial score (nSPS) is 18.1. The first-order valence-electron chi connectivity index (χ1n) is 23.7. The summed E-state index contributed by atoms with van der Waals surface area (Å²) in [5.41, 5.74) is 0.834. The van der Waals surface area contributed by atoms with Crippen LogP contribution in [-0.2, 0) is 39.9 Å². The summed E-state index contributed by atoms with van der Waals surface area (Å²) in [4.78, 5) is 70.6. The predicted octanol–water partition coefficient (Wildman–Crippen LogP) is 8.99. The van der Waals surface area contributed by atoms with E-state index in [9.17, 15) is 19.5 Å². The van der Waals surface area contributed by atoms with Gasteiger partial charge in [-0.25, -0.2) is 9.78 Å². The van der Waals surface area contributed by atoms with Crippen molar-refractivity contribution in [3.8, 4) is 0 Å². The number of thiazole rings is 1. The summed E-state index contributed by atoms with van der Waals surface area (Å²) in [6, 6.07) is 58.8. The minimum Gasteiger partial charge on any atom is -0.477 e. The van der Waals surface area contributed by atoms with E-state index in [4.69, 9.17) is 19.7 Å². The van der Waals surface area contributed by atoms with Crippen molar-refractivity contribution in [1.82, 2.24) is 20.1 Å². The lowest BCUT2D eigenvalue weighted by Crippen LogP contribution is -2.82. The van der Waals surface area contributed by atoms with Gasteiger partial charge in [-0.05, 0) is 36.0 Å². The average Bonchev–Trinajstić information content (AvgIpc) is 3.91. The molecule has 6 aromatic carbocycles. The number of rotatable bonds is 18. The van der Waals surface area contributed by atoms with Crippen LogP contribution in [0.25, 0.3) is 0 Å². The smallest absolute Gasteiger partial charge is 0.354 e. The first kappa shape index (κ1) is 47.7. The minimum absolute atomic E-state index is 0.107. The number of benzene rings is 6. The number of hydrogen-bond acceptors (Lipinski definition) is 12. The van der Waals surface area contributed by atoms with Crippen molar-refractivity contribution in [3.63, 3.8) is 0 Å². The molecule has 4 heterocycles. The molecule has 72 heavy (non-hydrogen) atoms. The zero-order chi connectivity index (χ0) is 49.5. The molecule has 15 heteroatoms. The van der Waals surface area contributed by atoms with E-state index >= 15 is 4.79 Å². The third-order valence-electron chi connectivity index (χ3n) is 13.5. The van der Waals surface area contributed by atoms with Gasteiger partial charge in [0, 0.05) is 40.9 Å². The molecule has 362 valence electrons. The fraction of sp³-hybridized carbons (Fsp3) is 0.193. The van der Waals surface area contributed by atoms with E-state index in [0.717, 1.165) is 36.0 Å². The Hall–Kier alpha value is -8.01. The molecule has 2 amide bonds. The number of carboxylic acids is 1. The highest BCUT2D eigenvalue weighted by Gasteiger charge is 2.67. The number of β-lactam (4-membered cyclic amide) rings is 1. The number of ether oxygens (including phenoxy) is 1. The number of hydrogen-bond donors (Lipinski definition) is 3. The van der Waals surface area contributed by atoms with E-state index < -0.39 is 46.4 Å². The maximum absolute atomic E-state index is 15.5. The molecule has 2 fully saturated rings. The monoisotopic (exact) mass is 994 g/mol. The van der Waals surface area contributed by atoms with Gasteiger partial charge in [-0.1, -0.05) is 187 Å². The third kappa shape index (κ3) is 8.68. The number of carbonyl (C=O) groups is 4. The number of oxime groups is 1. The lowest BCUT2D eigenvalue weighted by atomic mass is 9.77. The zero-order valence-electron chi connectivity index (χ0n) is 39.0. The molecule has 7 aromatic rings. The summed E-state index contributed by atoms with van der Waals surface area (Å²) >= 11 is 2.55. The number of aliphatic carboxylic acids is 1. The van der Waals surface area contributed by atoms with E-state index in [0.29, 0.717) is 40.6 Å². The second kappa shape index (κ2) is 20.8. The number of anilines is 1. The predicted molar refractivity (Wildman–Crippen MR) is 278 cm³/mol. The molecule has 0 spiro atoms. The van der Waals surface area contributed by atoms with Crippen molar-refractivity contribution in [2.24, 2.45) is 5.16 Å². The number of aromatic nitrogens is 1. The Morgan fingerprint density at radius 1 is 0.722 bits per heavy atom. The quantitative estimate of drug-likeness (QED) is 0.0247. The van der Waals surface area contributed by atoms with Crippen molar-refractivity contribution in [2.45, 2.75) is 41.3 Å². The Balaban J connectivity index is 1.11. The lowest BCUT2D eigenvalue weighted by molar-refractivity contribution is -0.164. The first-order chi connectivity index (χ1) is 35.3. The van der Waals surface area contributed by atoms with Crippen LogP contribution >= 0.6 is 23.1 Å². The molecule has 0 saturated carbocycles. The van der Waals surface area contributed by atoms with Crippen molar-refractivity contribution >= 4 is 58.2 Å². The van der Waals surface area contributed by atoms with E-state index in [-0.39, 0.29) is 29.3 Å². The molecule has 1 unspecified atom stereocenters. The van der Waals surface area contributed by atoms with Crippen molar-refractivity contribution in [1.29, 1.82) is 0 Å². The second-order valence-electron chi connectivity index (χ2n) is 17.6. The number of nitrogens with one attached hydrogen (secondary N) is 2. The molecule has 2 saturated heterocycles. The average molecular weight is 995 g/mol. The fourth-order valence-corrected chi connectivity index (χ4v) is 12.3. The third-order valence-corrected chi connectivity index (χ3v) is 15.6. The van der Waals surface area contributed by atoms with E-state index in [2.05, 4.69) is 47.0 Å². The van der Waals surface area contributed by atoms with Gasteiger partial charge in [0.05, 0.1) is 5.70 Å². The highest BCUT2D eigenvalue weighted by atomic mass is 32.2. The van der Waals surface area contributed by atoms with Crippen LogP contribution < -0.4 is 10.6 Å². The van der Waals surface area contributed by atoms with Gasteiger partial charge in [0.25, 0.3) is 18.3 Å². The van der Waals surface area contributed by atoms with E-state index in [1.165, 1.54) is 28.0 Å². The Bertz CT molecular complexity index is 2910. The number of piperidine rings is 1. The van der Waals surface area contributed by atoms with Crippen LogP contribution in [-0.4, -0.2) is 86.2 Å². The number of carbonyl (C=O) groups excluding carboxylic acids is 3. The van der Waals surface area contributed by atoms with Gasteiger partial charge < -0.3 is 30.2 Å². The Morgan fingerprint density at radius 2 is 1.19 bits per heavy atom. The van der Waals surface area contributed by atoms with Gasteiger partial charge in [0.15, 0.2) is 22.1 Å². The molecule has 0 aliphatic carbocycles. The molecule has 3 aliphatic heterocycles. The highest BCUT2D eigenvalue weighted by Crippen LogP contribution is 2.48. The molecular formula is C57H50N6O7S2. The van der Waals surface area contributed by atoms with Crippen LogP contribution in [0.2, 0.25) is 0 Å². The maximum atomic E-state index is 15.5. The van der Waals surface area contributed by atoms with Crippen LogP contribution in [0.5, 0.6) is 0 Å². The number of carboxylic acid groups (broad SMARTS) is 1.